The number of pyridine rings is 1. The zero-order valence-corrected chi connectivity index (χ0v) is 14.9. The zero-order valence-electron chi connectivity index (χ0n) is 14.1. The molecule has 0 spiro atoms. The topological polar surface area (TPSA) is 56.2 Å². The molecule has 0 bridgehead atoms. The molecule has 0 saturated carbocycles. The van der Waals surface area contributed by atoms with Gasteiger partial charge in [-0.2, -0.15) is 4.98 Å². The highest BCUT2D eigenvalue weighted by atomic mass is 32.2. The van der Waals surface area contributed by atoms with Gasteiger partial charge < -0.3 is 4.52 Å². The van der Waals surface area contributed by atoms with Crippen molar-refractivity contribution in [1.29, 1.82) is 0 Å². The van der Waals surface area contributed by atoms with Gasteiger partial charge in [-0.25, -0.2) is 4.98 Å². The Labute approximate surface area is 150 Å². The molecule has 0 N–H and O–H groups in total. The average Bonchev–Trinajstić information content (AvgIpc) is 3.27. The lowest BCUT2D eigenvalue weighted by atomic mass is 10.0. The summed E-state index contributed by atoms with van der Waals surface area (Å²) < 4.78 is 7.44. The Balaban J connectivity index is 1.48. The van der Waals surface area contributed by atoms with Gasteiger partial charge in [-0.3, -0.25) is 4.40 Å². The molecule has 0 aliphatic carbocycles. The van der Waals surface area contributed by atoms with Gasteiger partial charge in [0.1, 0.15) is 0 Å². The van der Waals surface area contributed by atoms with Crippen molar-refractivity contribution in [2.75, 3.05) is 0 Å². The Kier molecular flexibility index (Phi) is 4.28. The second-order valence-corrected chi connectivity index (χ2v) is 7.06. The molecule has 5 nitrogen and oxygen atoms in total. The second kappa shape index (κ2) is 6.72. The Bertz CT molecular complexity index is 988. The molecule has 0 aliphatic heterocycles. The van der Waals surface area contributed by atoms with E-state index in [0.29, 0.717) is 23.4 Å². The van der Waals surface area contributed by atoms with Crippen LogP contribution in [0.15, 0.2) is 64.5 Å². The standard InChI is InChI=1S/C19H18N4OS/c1-13(2)14-6-8-15(9-7-14)18-21-17(24-22-18)12-25-19-20-11-16-5-3-4-10-23(16)19/h3-11,13H,12H2,1-2H3. The zero-order chi connectivity index (χ0) is 17.2. The summed E-state index contributed by atoms with van der Waals surface area (Å²) in [6, 6.07) is 14.3. The third kappa shape index (κ3) is 3.30. The molecule has 0 atom stereocenters. The first-order chi connectivity index (χ1) is 12.2. The average molecular weight is 350 g/mol. The fraction of sp³-hybridized carbons (Fsp3) is 0.211. The second-order valence-electron chi connectivity index (χ2n) is 6.11. The summed E-state index contributed by atoms with van der Waals surface area (Å²) in [4.78, 5) is 8.94. The minimum absolute atomic E-state index is 0.510. The lowest BCUT2D eigenvalue weighted by Crippen LogP contribution is -1.89. The summed E-state index contributed by atoms with van der Waals surface area (Å²) in [5.41, 5.74) is 3.34. The van der Waals surface area contributed by atoms with E-state index in [2.05, 4.69) is 41.1 Å². The maximum absolute atomic E-state index is 5.39. The van der Waals surface area contributed by atoms with Gasteiger partial charge in [0.15, 0.2) is 5.16 Å². The Morgan fingerprint density at radius 1 is 1.12 bits per heavy atom. The van der Waals surface area contributed by atoms with Gasteiger partial charge in [0.2, 0.25) is 11.7 Å². The number of rotatable bonds is 5. The van der Waals surface area contributed by atoms with E-state index in [9.17, 15) is 0 Å². The van der Waals surface area contributed by atoms with Crippen molar-refractivity contribution >= 4 is 17.3 Å². The molecule has 0 amide bonds. The van der Waals surface area contributed by atoms with Crippen molar-refractivity contribution in [2.45, 2.75) is 30.7 Å². The van der Waals surface area contributed by atoms with E-state index >= 15 is 0 Å². The van der Waals surface area contributed by atoms with E-state index in [1.54, 1.807) is 11.8 Å². The SMILES string of the molecule is CC(C)c1ccc(-c2noc(CSc3ncc4ccccn34)n2)cc1. The highest BCUT2D eigenvalue weighted by molar-refractivity contribution is 7.98. The maximum atomic E-state index is 5.39. The van der Waals surface area contributed by atoms with Crippen LogP contribution in [0.5, 0.6) is 0 Å². The molecule has 6 heteroatoms. The van der Waals surface area contributed by atoms with Crippen LogP contribution in [0.4, 0.5) is 0 Å². The number of hydrogen-bond acceptors (Lipinski definition) is 5. The number of imidazole rings is 1. The van der Waals surface area contributed by atoms with E-state index in [0.717, 1.165) is 16.2 Å². The largest absolute Gasteiger partial charge is 0.338 e. The molecule has 0 radical (unpaired) electrons. The lowest BCUT2D eigenvalue weighted by molar-refractivity contribution is 0.391. The quantitative estimate of drug-likeness (QED) is 0.484. The summed E-state index contributed by atoms with van der Waals surface area (Å²) in [7, 11) is 0. The van der Waals surface area contributed by atoms with Gasteiger partial charge >= 0.3 is 0 Å². The Morgan fingerprint density at radius 2 is 1.96 bits per heavy atom. The fourth-order valence-corrected chi connectivity index (χ4v) is 3.40. The van der Waals surface area contributed by atoms with Crippen LogP contribution >= 0.6 is 11.8 Å². The highest BCUT2D eigenvalue weighted by Gasteiger charge is 2.11. The molecule has 0 unspecified atom stereocenters. The van der Waals surface area contributed by atoms with Gasteiger partial charge in [-0.1, -0.05) is 61.1 Å². The van der Waals surface area contributed by atoms with E-state index in [4.69, 9.17) is 4.52 Å². The van der Waals surface area contributed by atoms with Crippen LogP contribution in [-0.4, -0.2) is 19.5 Å². The molecule has 25 heavy (non-hydrogen) atoms. The number of benzene rings is 1. The first kappa shape index (κ1) is 15.9. The normalized spacial score (nSPS) is 11.5. The van der Waals surface area contributed by atoms with E-state index in [1.807, 2.05) is 47.1 Å². The third-order valence-corrected chi connectivity index (χ3v) is 4.98. The monoisotopic (exact) mass is 350 g/mol. The summed E-state index contributed by atoms with van der Waals surface area (Å²) in [6.45, 7) is 4.36. The van der Waals surface area contributed by atoms with Crippen molar-refractivity contribution in [1.82, 2.24) is 19.5 Å². The predicted molar refractivity (Wildman–Crippen MR) is 98.6 cm³/mol. The van der Waals surface area contributed by atoms with Crippen LogP contribution in [0.1, 0.15) is 31.2 Å². The number of hydrogen-bond donors (Lipinski definition) is 0. The van der Waals surface area contributed by atoms with Crippen LogP contribution in [0.3, 0.4) is 0 Å². The van der Waals surface area contributed by atoms with Gasteiger partial charge in [0, 0.05) is 11.8 Å². The van der Waals surface area contributed by atoms with Crippen molar-refractivity contribution < 1.29 is 4.52 Å². The van der Waals surface area contributed by atoms with Crippen LogP contribution in [0.25, 0.3) is 16.9 Å². The number of nitrogens with zero attached hydrogens (tertiary/aromatic N) is 4. The number of fused-ring (bicyclic) bond motifs is 1. The molecule has 4 rings (SSSR count). The van der Waals surface area contributed by atoms with Crippen LogP contribution in [-0.2, 0) is 5.75 Å². The van der Waals surface area contributed by atoms with Gasteiger partial charge in [-0.05, 0) is 23.6 Å². The minimum atomic E-state index is 0.510. The molecule has 1 aromatic carbocycles. The summed E-state index contributed by atoms with van der Waals surface area (Å²) >= 11 is 1.58. The van der Waals surface area contributed by atoms with Crippen LogP contribution < -0.4 is 0 Å². The summed E-state index contributed by atoms with van der Waals surface area (Å²) in [5, 5.41) is 5.01. The highest BCUT2D eigenvalue weighted by Crippen LogP contribution is 2.24. The van der Waals surface area contributed by atoms with Crippen LogP contribution in [0, 0.1) is 0 Å². The van der Waals surface area contributed by atoms with E-state index in [1.165, 1.54) is 5.56 Å². The summed E-state index contributed by atoms with van der Waals surface area (Å²) in [5.74, 6) is 2.32. The number of aromatic nitrogens is 4. The molecular weight excluding hydrogens is 332 g/mol. The fourth-order valence-electron chi connectivity index (χ4n) is 2.60. The minimum Gasteiger partial charge on any atom is -0.338 e. The van der Waals surface area contributed by atoms with Crippen molar-refractivity contribution in [3.63, 3.8) is 0 Å². The molecule has 3 aromatic heterocycles. The molecule has 0 saturated heterocycles. The number of thioether (sulfide) groups is 1. The van der Waals surface area contributed by atoms with Crippen molar-refractivity contribution in [3.05, 3.63) is 66.3 Å². The first-order valence-electron chi connectivity index (χ1n) is 8.18. The maximum Gasteiger partial charge on any atom is 0.237 e. The Morgan fingerprint density at radius 3 is 2.76 bits per heavy atom. The molecule has 0 fully saturated rings. The van der Waals surface area contributed by atoms with Gasteiger partial charge in [0.05, 0.1) is 17.5 Å². The molecular formula is C19H18N4OS. The third-order valence-electron chi connectivity index (χ3n) is 4.03. The van der Waals surface area contributed by atoms with E-state index in [-0.39, 0.29) is 0 Å². The summed E-state index contributed by atoms with van der Waals surface area (Å²) in [6.07, 6.45) is 3.86. The first-order valence-corrected chi connectivity index (χ1v) is 9.17. The Hall–Kier alpha value is -2.60. The van der Waals surface area contributed by atoms with Crippen molar-refractivity contribution in [2.24, 2.45) is 0 Å². The predicted octanol–water partition coefficient (Wildman–Crippen LogP) is 4.80. The molecule has 4 aromatic rings. The van der Waals surface area contributed by atoms with Gasteiger partial charge in [-0.15, -0.1) is 0 Å². The smallest absolute Gasteiger partial charge is 0.237 e. The molecule has 0 aliphatic rings. The lowest BCUT2D eigenvalue weighted by Gasteiger charge is -2.04. The van der Waals surface area contributed by atoms with E-state index < -0.39 is 0 Å². The molecule has 126 valence electrons. The van der Waals surface area contributed by atoms with Crippen molar-refractivity contribution in [3.8, 4) is 11.4 Å². The molecule has 3 heterocycles. The van der Waals surface area contributed by atoms with Crippen LogP contribution in [0.2, 0.25) is 0 Å². The van der Waals surface area contributed by atoms with Gasteiger partial charge in [0.25, 0.3) is 0 Å².